The number of hydrogen-bond donors (Lipinski definition) is 2. The Balaban J connectivity index is 1.95. The van der Waals surface area contributed by atoms with Gasteiger partial charge in [-0.2, -0.15) is 9.78 Å². The van der Waals surface area contributed by atoms with E-state index in [9.17, 15) is 14.7 Å². The van der Waals surface area contributed by atoms with Gasteiger partial charge in [0.25, 0.3) is 5.56 Å². The molecule has 0 saturated heterocycles. The van der Waals surface area contributed by atoms with Crippen molar-refractivity contribution in [3.05, 3.63) is 109 Å². The number of aromatic amines is 1. The summed E-state index contributed by atoms with van der Waals surface area (Å²) in [5, 5.41) is 16.3. The molecule has 0 aliphatic heterocycles. The minimum Gasteiger partial charge on any atom is -0.374 e. The average Bonchev–Trinajstić information content (AvgIpc) is 3.14. The first-order valence-electron chi connectivity index (χ1n) is 8.75. The Bertz CT molecular complexity index is 1360. The fraction of sp³-hybridized carbons (Fsp3) is 0.100. The Hall–Kier alpha value is -3.20. The van der Waals surface area contributed by atoms with E-state index in [4.69, 9.17) is 23.2 Å². The third kappa shape index (κ3) is 3.24. The van der Waals surface area contributed by atoms with Gasteiger partial charge in [-0.1, -0.05) is 47.5 Å². The lowest BCUT2D eigenvalue weighted by atomic mass is 9.83. The highest BCUT2D eigenvalue weighted by Crippen LogP contribution is 2.42. The van der Waals surface area contributed by atoms with E-state index in [0.29, 0.717) is 27.5 Å². The molecule has 2 aromatic heterocycles. The van der Waals surface area contributed by atoms with Crippen LogP contribution in [0.2, 0.25) is 10.0 Å². The van der Waals surface area contributed by atoms with Crippen molar-refractivity contribution in [2.45, 2.75) is 5.60 Å². The van der Waals surface area contributed by atoms with Gasteiger partial charge in [0.15, 0.2) is 5.60 Å². The standard InChI is InChI=1S/C20H15Cl2N5O3/c1-26-11-23-9-17(26)20(30,13-4-2-3-5-15(13)21)14-7-6-12(8-16(14)22)27-19(29)25-18(28)10-24-27/h2-11,30H,1H3,(H,25,28,29). The maximum absolute atomic E-state index is 12.1. The molecular formula is C20H15Cl2N5O3. The molecule has 10 heteroatoms. The van der Waals surface area contributed by atoms with Crippen LogP contribution in [0.1, 0.15) is 16.8 Å². The van der Waals surface area contributed by atoms with Crippen LogP contribution in [0.15, 0.2) is 70.8 Å². The molecule has 1 atom stereocenters. The van der Waals surface area contributed by atoms with Gasteiger partial charge < -0.3 is 9.67 Å². The molecule has 0 saturated carbocycles. The molecule has 0 aliphatic rings. The summed E-state index contributed by atoms with van der Waals surface area (Å²) in [7, 11) is 1.75. The third-order valence-electron chi connectivity index (χ3n) is 4.75. The minimum absolute atomic E-state index is 0.163. The predicted molar refractivity (Wildman–Crippen MR) is 112 cm³/mol. The molecular weight excluding hydrogens is 429 g/mol. The van der Waals surface area contributed by atoms with Crippen molar-refractivity contribution in [1.82, 2.24) is 24.3 Å². The molecule has 0 spiro atoms. The van der Waals surface area contributed by atoms with Crippen molar-refractivity contribution in [2.75, 3.05) is 0 Å². The van der Waals surface area contributed by atoms with E-state index in [1.54, 1.807) is 54.3 Å². The highest BCUT2D eigenvalue weighted by molar-refractivity contribution is 6.32. The van der Waals surface area contributed by atoms with Gasteiger partial charge in [-0.05, 0) is 18.2 Å². The summed E-state index contributed by atoms with van der Waals surface area (Å²) >= 11 is 13.0. The first-order chi connectivity index (χ1) is 14.3. The van der Waals surface area contributed by atoms with E-state index >= 15 is 0 Å². The highest BCUT2D eigenvalue weighted by atomic mass is 35.5. The lowest BCUT2D eigenvalue weighted by molar-refractivity contribution is 0.117. The number of nitrogens with one attached hydrogen (secondary N) is 1. The van der Waals surface area contributed by atoms with Gasteiger partial charge >= 0.3 is 5.69 Å². The van der Waals surface area contributed by atoms with E-state index in [-0.39, 0.29) is 5.02 Å². The molecule has 152 valence electrons. The number of rotatable bonds is 4. The maximum Gasteiger partial charge on any atom is 0.349 e. The molecule has 2 aromatic carbocycles. The van der Waals surface area contributed by atoms with Crippen molar-refractivity contribution >= 4 is 23.2 Å². The van der Waals surface area contributed by atoms with Crippen molar-refractivity contribution in [2.24, 2.45) is 7.05 Å². The Morgan fingerprint density at radius 1 is 1.03 bits per heavy atom. The number of benzene rings is 2. The molecule has 8 nitrogen and oxygen atoms in total. The van der Waals surface area contributed by atoms with E-state index in [1.807, 2.05) is 0 Å². The van der Waals surface area contributed by atoms with E-state index in [1.165, 1.54) is 12.3 Å². The number of aliphatic hydroxyl groups is 1. The quantitative estimate of drug-likeness (QED) is 0.502. The van der Waals surface area contributed by atoms with Gasteiger partial charge in [-0.25, -0.2) is 9.78 Å². The lowest BCUT2D eigenvalue weighted by Gasteiger charge is -2.31. The van der Waals surface area contributed by atoms with Gasteiger partial charge in [0.2, 0.25) is 0 Å². The monoisotopic (exact) mass is 443 g/mol. The Labute approximate surface area is 180 Å². The minimum atomic E-state index is -1.72. The second kappa shape index (κ2) is 7.56. The van der Waals surface area contributed by atoms with Crippen LogP contribution in [0, 0.1) is 0 Å². The van der Waals surface area contributed by atoms with Crippen LogP contribution in [0.5, 0.6) is 0 Å². The molecule has 4 aromatic rings. The first kappa shape index (κ1) is 20.1. The SMILES string of the molecule is Cn1cncc1C(O)(c1ccccc1Cl)c1ccc(-n2ncc(=O)[nH]c2=O)cc1Cl. The zero-order valence-electron chi connectivity index (χ0n) is 15.6. The molecule has 2 heterocycles. The first-order valence-corrected chi connectivity index (χ1v) is 9.51. The van der Waals surface area contributed by atoms with Crippen LogP contribution < -0.4 is 11.2 Å². The Kier molecular flexibility index (Phi) is 5.07. The van der Waals surface area contributed by atoms with Crippen LogP contribution >= 0.6 is 23.2 Å². The van der Waals surface area contributed by atoms with Gasteiger partial charge in [0, 0.05) is 28.2 Å². The maximum atomic E-state index is 12.1. The number of halogens is 2. The topological polar surface area (TPSA) is 106 Å². The predicted octanol–water partition coefficient (Wildman–Crippen LogP) is 2.25. The second-order valence-electron chi connectivity index (χ2n) is 6.59. The zero-order chi connectivity index (χ0) is 21.5. The van der Waals surface area contributed by atoms with Gasteiger partial charge in [0.05, 0.1) is 23.9 Å². The summed E-state index contributed by atoms with van der Waals surface area (Å²) in [6.07, 6.45) is 4.07. The summed E-state index contributed by atoms with van der Waals surface area (Å²) in [6, 6.07) is 11.5. The van der Waals surface area contributed by atoms with Crippen molar-refractivity contribution < 1.29 is 5.11 Å². The highest BCUT2D eigenvalue weighted by Gasteiger charge is 2.39. The molecule has 0 amide bonds. The van der Waals surface area contributed by atoms with Gasteiger partial charge in [-0.3, -0.25) is 9.78 Å². The van der Waals surface area contributed by atoms with E-state index in [2.05, 4.69) is 15.1 Å². The van der Waals surface area contributed by atoms with Crippen molar-refractivity contribution in [1.29, 1.82) is 0 Å². The summed E-state index contributed by atoms with van der Waals surface area (Å²) < 4.78 is 2.66. The van der Waals surface area contributed by atoms with Gasteiger partial charge in [-0.15, -0.1) is 0 Å². The van der Waals surface area contributed by atoms with Crippen molar-refractivity contribution in [3.63, 3.8) is 0 Å². The fourth-order valence-electron chi connectivity index (χ4n) is 3.35. The smallest absolute Gasteiger partial charge is 0.349 e. The molecule has 0 bridgehead atoms. The molecule has 30 heavy (non-hydrogen) atoms. The summed E-state index contributed by atoms with van der Waals surface area (Å²) in [5.74, 6) is 0. The number of aromatic nitrogens is 5. The number of nitrogens with zero attached hydrogens (tertiary/aromatic N) is 4. The zero-order valence-corrected chi connectivity index (χ0v) is 17.1. The molecule has 4 rings (SSSR count). The summed E-state index contributed by atoms with van der Waals surface area (Å²) in [4.78, 5) is 29.6. The van der Waals surface area contributed by atoms with Crippen LogP contribution in [0.25, 0.3) is 5.69 Å². The molecule has 2 N–H and O–H groups in total. The normalized spacial score (nSPS) is 13.2. The summed E-state index contributed by atoms with van der Waals surface area (Å²) in [5.41, 5.74) is -1.52. The number of H-pyrrole nitrogens is 1. The fourth-order valence-corrected chi connectivity index (χ4v) is 3.93. The van der Waals surface area contributed by atoms with E-state index in [0.717, 1.165) is 10.9 Å². The Morgan fingerprint density at radius 3 is 2.40 bits per heavy atom. The summed E-state index contributed by atoms with van der Waals surface area (Å²) in [6.45, 7) is 0. The van der Waals surface area contributed by atoms with Crippen LogP contribution in [-0.2, 0) is 12.6 Å². The van der Waals surface area contributed by atoms with Crippen LogP contribution in [0.3, 0.4) is 0 Å². The molecule has 1 unspecified atom stereocenters. The number of aryl methyl sites for hydroxylation is 1. The van der Waals surface area contributed by atoms with Crippen molar-refractivity contribution in [3.8, 4) is 5.69 Å². The average molecular weight is 444 g/mol. The number of hydrogen-bond acceptors (Lipinski definition) is 5. The lowest BCUT2D eigenvalue weighted by Crippen LogP contribution is -2.32. The largest absolute Gasteiger partial charge is 0.374 e. The van der Waals surface area contributed by atoms with Crippen LogP contribution in [0.4, 0.5) is 0 Å². The third-order valence-corrected chi connectivity index (χ3v) is 5.39. The van der Waals surface area contributed by atoms with Gasteiger partial charge in [0.1, 0.15) is 6.20 Å². The second-order valence-corrected chi connectivity index (χ2v) is 7.41. The Morgan fingerprint density at radius 2 is 1.77 bits per heavy atom. The molecule has 0 fully saturated rings. The molecule has 0 radical (unpaired) electrons. The van der Waals surface area contributed by atoms with Crippen LogP contribution in [-0.4, -0.2) is 29.4 Å². The van der Waals surface area contributed by atoms with E-state index < -0.39 is 16.9 Å². The molecule has 0 aliphatic carbocycles. The number of imidazole rings is 1.